The Kier molecular flexibility index (Phi) is 5.02. The van der Waals surface area contributed by atoms with Gasteiger partial charge in [0.15, 0.2) is 0 Å². The van der Waals surface area contributed by atoms with E-state index in [0.29, 0.717) is 18.3 Å². The minimum Gasteiger partial charge on any atom is -0.392 e. The van der Waals surface area contributed by atoms with E-state index in [4.69, 9.17) is 0 Å². The molecule has 23 heavy (non-hydrogen) atoms. The highest BCUT2D eigenvalue weighted by Crippen LogP contribution is 2.35. The van der Waals surface area contributed by atoms with Crippen LogP contribution in [0, 0.1) is 5.41 Å². The van der Waals surface area contributed by atoms with Gasteiger partial charge in [-0.2, -0.15) is 5.10 Å². The van der Waals surface area contributed by atoms with E-state index in [1.807, 2.05) is 10.9 Å². The molecular formula is C17H28N4O2. The summed E-state index contributed by atoms with van der Waals surface area (Å²) < 4.78 is 1.90. The fourth-order valence-electron chi connectivity index (χ4n) is 3.68. The van der Waals surface area contributed by atoms with Crippen molar-refractivity contribution in [2.75, 3.05) is 19.6 Å². The van der Waals surface area contributed by atoms with Gasteiger partial charge >= 0.3 is 0 Å². The van der Waals surface area contributed by atoms with E-state index < -0.39 is 0 Å². The topological polar surface area (TPSA) is 79.2 Å². The number of carbonyl (C=O) groups is 1. The Morgan fingerprint density at radius 1 is 1.48 bits per heavy atom. The molecule has 6 nitrogen and oxygen atoms in total. The molecule has 0 aromatic carbocycles. The van der Waals surface area contributed by atoms with Crippen molar-refractivity contribution in [3.8, 4) is 0 Å². The van der Waals surface area contributed by atoms with Crippen LogP contribution in [0.1, 0.15) is 62.0 Å². The predicted octanol–water partition coefficient (Wildman–Crippen LogP) is 1.48. The molecule has 3 atom stereocenters. The normalized spacial score (nSPS) is 31.7. The largest absolute Gasteiger partial charge is 0.392 e. The van der Waals surface area contributed by atoms with Crippen molar-refractivity contribution in [3.63, 3.8) is 0 Å². The number of hydrogen-bond acceptors (Lipinski definition) is 4. The van der Waals surface area contributed by atoms with E-state index in [-0.39, 0.29) is 17.4 Å². The first kappa shape index (κ1) is 16.5. The highest BCUT2D eigenvalue weighted by molar-refractivity contribution is 5.92. The lowest BCUT2D eigenvalue weighted by Crippen LogP contribution is -2.45. The van der Waals surface area contributed by atoms with E-state index in [1.165, 1.54) is 0 Å². The van der Waals surface area contributed by atoms with Crippen molar-refractivity contribution >= 4 is 5.91 Å². The monoisotopic (exact) mass is 320 g/mol. The van der Waals surface area contributed by atoms with Gasteiger partial charge in [0.2, 0.25) is 0 Å². The van der Waals surface area contributed by atoms with Gasteiger partial charge in [-0.15, -0.1) is 0 Å². The van der Waals surface area contributed by atoms with Gasteiger partial charge in [0.1, 0.15) is 5.69 Å². The molecule has 128 valence electrons. The zero-order chi connectivity index (χ0) is 16.3. The first-order chi connectivity index (χ1) is 11.1. The first-order valence-electron chi connectivity index (χ1n) is 8.81. The molecule has 0 bridgehead atoms. The summed E-state index contributed by atoms with van der Waals surface area (Å²) in [7, 11) is 0. The van der Waals surface area contributed by atoms with Crippen LogP contribution in [0.4, 0.5) is 0 Å². The second kappa shape index (κ2) is 7.01. The van der Waals surface area contributed by atoms with Crippen molar-refractivity contribution in [2.45, 2.75) is 57.6 Å². The van der Waals surface area contributed by atoms with Gasteiger partial charge in [0, 0.05) is 24.7 Å². The van der Waals surface area contributed by atoms with Crippen LogP contribution < -0.4 is 10.6 Å². The number of aliphatic hydroxyl groups is 1. The van der Waals surface area contributed by atoms with Crippen LogP contribution in [0.3, 0.4) is 0 Å². The van der Waals surface area contributed by atoms with Crippen molar-refractivity contribution in [2.24, 2.45) is 5.41 Å². The van der Waals surface area contributed by atoms with Crippen LogP contribution in [0.25, 0.3) is 0 Å². The van der Waals surface area contributed by atoms with E-state index in [0.717, 1.165) is 51.6 Å². The zero-order valence-corrected chi connectivity index (χ0v) is 13.9. The lowest BCUT2D eigenvalue weighted by molar-refractivity contribution is 0.00186. The molecule has 1 saturated carbocycles. The molecule has 2 heterocycles. The zero-order valence-electron chi connectivity index (χ0n) is 13.9. The molecule has 2 fully saturated rings. The number of nitrogens with one attached hydrogen (secondary N) is 2. The Bertz CT molecular complexity index is 538. The second-order valence-corrected chi connectivity index (χ2v) is 7.28. The Labute approximate surface area is 137 Å². The average molecular weight is 320 g/mol. The molecule has 3 rings (SSSR count). The van der Waals surface area contributed by atoms with Gasteiger partial charge in [0.25, 0.3) is 5.91 Å². The summed E-state index contributed by atoms with van der Waals surface area (Å²) in [5, 5.41) is 21.0. The van der Waals surface area contributed by atoms with Crippen molar-refractivity contribution in [1.29, 1.82) is 0 Å². The number of aromatic nitrogens is 2. The van der Waals surface area contributed by atoms with Gasteiger partial charge in [-0.1, -0.05) is 19.8 Å². The number of hydrogen-bond donors (Lipinski definition) is 3. The summed E-state index contributed by atoms with van der Waals surface area (Å²) in [4.78, 5) is 12.3. The third-order valence-electron chi connectivity index (χ3n) is 5.42. The van der Waals surface area contributed by atoms with Gasteiger partial charge < -0.3 is 15.7 Å². The van der Waals surface area contributed by atoms with Crippen LogP contribution in [-0.4, -0.2) is 46.5 Å². The van der Waals surface area contributed by atoms with Crippen molar-refractivity contribution in [3.05, 3.63) is 18.0 Å². The quantitative estimate of drug-likeness (QED) is 0.785. The molecular weight excluding hydrogens is 292 g/mol. The average Bonchev–Trinajstić information content (AvgIpc) is 3.07. The number of nitrogens with zero attached hydrogens (tertiary/aromatic N) is 2. The van der Waals surface area contributed by atoms with Crippen LogP contribution >= 0.6 is 0 Å². The Morgan fingerprint density at radius 2 is 2.35 bits per heavy atom. The maximum Gasteiger partial charge on any atom is 0.271 e. The van der Waals surface area contributed by atoms with Crippen LogP contribution in [0.15, 0.2) is 12.3 Å². The van der Waals surface area contributed by atoms with Gasteiger partial charge in [-0.3, -0.25) is 9.48 Å². The van der Waals surface area contributed by atoms with Crippen LogP contribution in [-0.2, 0) is 0 Å². The minimum atomic E-state index is -0.331. The minimum absolute atomic E-state index is 0.147. The molecule has 1 aliphatic heterocycles. The number of amides is 1. The third-order valence-corrected chi connectivity index (χ3v) is 5.42. The van der Waals surface area contributed by atoms with Gasteiger partial charge in [-0.05, 0) is 38.3 Å². The molecule has 3 N–H and O–H groups in total. The first-order valence-corrected chi connectivity index (χ1v) is 8.81. The summed E-state index contributed by atoms with van der Waals surface area (Å²) in [6, 6.07) is 2.12. The van der Waals surface area contributed by atoms with E-state index in [1.54, 1.807) is 6.07 Å². The maximum atomic E-state index is 12.3. The summed E-state index contributed by atoms with van der Waals surface area (Å²) in [6.45, 7) is 4.53. The summed E-state index contributed by atoms with van der Waals surface area (Å²) in [5.74, 6) is -0.147. The summed E-state index contributed by atoms with van der Waals surface area (Å²) in [6.07, 6.45) is 7.78. The number of piperidine rings is 1. The van der Waals surface area contributed by atoms with Gasteiger partial charge in [0.05, 0.1) is 12.1 Å². The Balaban J connectivity index is 1.57. The fourth-order valence-corrected chi connectivity index (χ4v) is 3.68. The molecule has 6 heteroatoms. The molecule has 1 amide bonds. The number of aliphatic hydroxyl groups excluding tert-OH is 1. The van der Waals surface area contributed by atoms with E-state index >= 15 is 0 Å². The molecule has 1 saturated heterocycles. The van der Waals surface area contributed by atoms with E-state index in [9.17, 15) is 9.90 Å². The Hall–Kier alpha value is -1.40. The SMILES string of the molecule is CC1(CNC(=O)c2ccn(C3CCCNC3)n2)CCCCC1O. The standard InChI is InChI=1S/C17H28N4O2/c1-17(8-3-2-6-15(17)22)12-19-16(23)14-7-10-21(20-14)13-5-4-9-18-11-13/h7,10,13,15,18,22H,2-6,8-9,11-12H2,1H3,(H,19,23). The van der Waals surface area contributed by atoms with Crippen LogP contribution in [0.2, 0.25) is 0 Å². The van der Waals surface area contributed by atoms with E-state index in [2.05, 4.69) is 22.7 Å². The predicted molar refractivity (Wildman–Crippen MR) is 88.3 cm³/mol. The highest BCUT2D eigenvalue weighted by Gasteiger charge is 2.35. The number of rotatable bonds is 4. The third kappa shape index (κ3) is 3.75. The molecule has 2 aliphatic rings. The highest BCUT2D eigenvalue weighted by atomic mass is 16.3. The molecule has 1 aromatic rings. The number of carbonyl (C=O) groups excluding carboxylic acids is 1. The molecule has 0 spiro atoms. The fraction of sp³-hybridized carbons (Fsp3) is 0.765. The molecule has 0 radical (unpaired) electrons. The van der Waals surface area contributed by atoms with Crippen molar-refractivity contribution < 1.29 is 9.90 Å². The lowest BCUT2D eigenvalue weighted by atomic mass is 9.73. The molecule has 1 aromatic heterocycles. The smallest absolute Gasteiger partial charge is 0.271 e. The second-order valence-electron chi connectivity index (χ2n) is 7.28. The Morgan fingerprint density at radius 3 is 3.09 bits per heavy atom. The molecule has 3 unspecified atom stereocenters. The summed E-state index contributed by atoms with van der Waals surface area (Å²) in [5.41, 5.74) is 0.244. The van der Waals surface area contributed by atoms with Gasteiger partial charge in [-0.25, -0.2) is 0 Å². The lowest BCUT2D eigenvalue weighted by Gasteiger charge is -2.38. The maximum absolute atomic E-state index is 12.3. The summed E-state index contributed by atoms with van der Waals surface area (Å²) >= 11 is 0. The van der Waals surface area contributed by atoms with Crippen LogP contribution in [0.5, 0.6) is 0 Å². The molecule has 1 aliphatic carbocycles. The van der Waals surface area contributed by atoms with Crippen molar-refractivity contribution in [1.82, 2.24) is 20.4 Å².